The van der Waals surface area contributed by atoms with Gasteiger partial charge in [-0.05, 0) is 49.4 Å². The summed E-state index contributed by atoms with van der Waals surface area (Å²) in [5.41, 5.74) is 0.332. The van der Waals surface area contributed by atoms with E-state index in [9.17, 15) is 22.9 Å². The van der Waals surface area contributed by atoms with E-state index in [0.29, 0.717) is 28.2 Å². The van der Waals surface area contributed by atoms with Crippen molar-refractivity contribution in [2.45, 2.75) is 63.4 Å². The minimum atomic E-state index is -3.82. The maximum absolute atomic E-state index is 12.9. The molecule has 0 aliphatic heterocycles. The number of thiol groups is 1. The summed E-state index contributed by atoms with van der Waals surface area (Å²) in [6.45, 7) is 5.57. The first-order chi connectivity index (χ1) is 14.2. The Balaban J connectivity index is 2.30. The molecule has 0 bridgehead atoms. The number of hydrogen-bond acceptors (Lipinski definition) is 6. The number of urea groups is 1. The van der Waals surface area contributed by atoms with Crippen molar-refractivity contribution < 1.29 is 27.6 Å². The van der Waals surface area contributed by atoms with Crippen molar-refractivity contribution in [3.8, 4) is 5.75 Å². The summed E-state index contributed by atoms with van der Waals surface area (Å²) in [4.78, 5) is 16.6. The third-order valence-corrected chi connectivity index (χ3v) is 7.81. The molecule has 0 fully saturated rings. The molecule has 8 nitrogen and oxygen atoms in total. The summed E-state index contributed by atoms with van der Waals surface area (Å²) in [5, 5.41) is 18.8. The summed E-state index contributed by atoms with van der Waals surface area (Å²) in [6.07, 6.45) is 1.69. The number of aliphatic hydroxyl groups is 1. The molecule has 12 heteroatoms. The molecule has 0 saturated carbocycles. The van der Waals surface area contributed by atoms with Gasteiger partial charge in [0.05, 0.1) is 6.20 Å². The van der Waals surface area contributed by atoms with E-state index >= 15 is 0 Å². The first kappa shape index (κ1) is 25.1. The van der Waals surface area contributed by atoms with Crippen molar-refractivity contribution in [3.63, 3.8) is 0 Å². The number of rotatable bonds is 8. The highest BCUT2D eigenvalue weighted by atomic mass is 32.3. The molecule has 2 rings (SSSR count). The molecule has 0 radical (unpaired) electrons. The number of amides is 2. The molecule has 1 aromatic carbocycles. The van der Waals surface area contributed by atoms with Crippen molar-refractivity contribution in [3.05, 3.63) is 34.5 Å². The van der Waals surface area contributed by atoms with E-state index in [1.165, 1.54) is 32.2 Å². The van der Waals surface area contributed by atoms with Gasteiger partial charge in [0, 0.05) is 16.0 Å². The van der Waals surface area contributed by atoms with Crippen LogP contribution in [0.1, 0.15) is 56.7 Å². The van der Waals surface area contributed by atoms with Gasteiger partial charge in [-0.1, -0.05) is 20.8 Å². The SMILES string of the molecule is CCc1cc(OC(F)F)cc(C(C)C)c1NC(=O)N[SH](N)(=O)c1cnc(C(C)(C)O)s1. The minimum absolute atomic E-state index is 0.00480. The number of aromatic nitrogens is 1. The first-order valence-electron chi connectivity index (χ1n) is 9.53. The molecule has 0 atom stereocenters. The zero-order valence-corrected chi connectivity index (χ0v) is 19.6. The maximum atomic E-state index is 12.9. The van der Waals surface area contributed by atoms with Crippen molar-refractivity contribution in [2.75, 3.05) is 5.32 Å². The number of hydrogen-bond donors (Lipinski definition) is 5. The second-order valence-corrected chi connectivity index (χ2v) is 11.1. The summed E-state index contributed by atoms with van der Waals surface area (Å²) < 4.78 is 45.1. The average molecular weight is 479 g/mol. The number of alkyl halides is 2. The van der Waals surface area contributed by atoms with Crippen LogP contribution in [0.5, 0.6) is 5.75 Å². The van der Waals surface area contributed by atoms with Crippen LogP contribution in [0.4, 0.5) is 19.3 Å². The van der Waals surface area contributed by atoms with Gasteiger partial charge in [-0.3, -0.25) is 9.86 Å². The van der Waals surface area contributed by atoms with Crippen molar-refractivity contribution in [1.82, 2.24) is 9.71 Å². The largest absolute Gasteiger partial charge is 0.435 e. The zero-order valence-electron chi connectivity index (χ0n) is 17.9. The molecule has 0 saturated heterocycles. The van der Waals surface area contributed by atoms with E-state index in [-0.39, 0.29) is 15.9 Å². The molecule has 2 aromatic rings. The highest BCUT2D eigenvalue weighted by Crippen LogP contribution is 2.34. The number of anilines is 1. The number of aryl methyl sites for hydroxylation is 1. The van der Waals surface area contributed by atoms with Gasteiger partial charge in [-0.25, -0.2) is 14.0 Å². The van der Waals surface area contributed by atoms with Crippen LogP contribution in [0.25, 0.3) is 0 Å². The van der Waals surface area contributed by atoms with Gasteiger partial charge in [0.25, 0.3) is 0 Å². The molecule has 31 heavy (non-hydrogen) atoms. The third kappa shape index (κ3) is 6.42. The lowest BCUT2D eigenvalue weighted by molar-refractivity contribution is -0.0499. The van der Waals surface area contributed by atoms with Crippen LogP contribution in [0.15, 0.2) is 22.5 Å². The summed E-state index contributed by atoms with van der Waals surface area (Å²) >= 11 is 0.939. The number of thiazole rings is 1. The Morgan fingerprint density at radius 3 is 2.52 bits per heavy atom. The van der Waals surface area contributed by atoms with Crippen LogP contribution in [0.3, 0.4) is 0 Å². The van der Waals surface area contributed by atoms with Gasteiger partial charge in [0.15, 0.2) is 0 Å². The predicted molar refractivity (Wildman–Crippen MR) is 118 cm³/mol. The lowest BCUT2D eigenvalue weighted by atomic mass is 9.96. The quantitative estimate of drug-likeness (QED) is 0.370. The van der Waals surface area contributed by atoms with Crippen molar-refractivity contribution in [1.29, 1.82) is 0 Å². The smallest absolute Gasteiger partial charge is 0.387 e. The number of halogens is 2. The van der Waals surface area contributed by atoms with Crippen LogP contribution in [-0.2, 0) is 22.3 Å². The summed E-state index contributed by atoms with van der Waals surface area (Å²) in [5.74, 6) is -0.128. The molecule has 0 unspecified atom stereocenters. The molecule has 0 spiro atoms. The van der Waals surface area contributed by atoms with Crippen molar-refractivity contribution in [2.24, 2.45) is 5.14 Å². The van der Waals surface area contributed by atoms with E-state index in [1.54, 1.807) is 6.92 Å². The fourth-order valence-electron chi connectivity index (χ4n) is 2.80. The Morgan fingerprint density at radius 2 is 2.03 bits per heavy atom. The number of carbonyl (C=O) groups is 1. The standard InChI is InChI=1S/C19H28F2N4O4S2/c1-6-11-7-12(29-17(20)21)8-13(10(2)3)15(11)24-18(26)25-31(22,28)14-9-23-16(30-14)19(4,5)27/h7-10,17,27,31H,6H2,1-5H3,(H4,22,24,25,26,28). The monoisotopic (exact) mass is 478 g/mol. The number of nitrogens with one attached hydrogen (secondary N) is 2. The fourth-order valence-corrected chi connectivity index (χ4v) is 5.10. The van der Waals surface area contributed by atoms with Crippen molar-refractivity contribution >= 4 is 33.4 Å². The van der Waals surface area contributed by atoms with Crippen LogP contribution in [-0.4, -0.2) is 26.9 Å². The number of ether oxygens (including phenoxy) is 1. The van der Waals surface area contributed by atoms with Crippen LogP contribution >= 0.6 is 11.3 Å². The lowest BCUT2D eigenvalue weighted by Crippen LogP contribution is -2.44. The molecule has 1 aromatic heterocycles. The Hall–Kier alpha value is -2.15. The lowest BCUT2D eigenvalue weighted by Gasteiger charge is -2.23. The van der Waals surface area contributed by atoms with E-state index < -0.39 is 28.5 Å². The second kappa shape index (κ2) is 9.55. The Bertz CT molecular complexity index is 990. The highest BCUT2D eigenvalue weighted by molar-refractivity contribution is 8.01. The predicted octanol–water partition coefficient (Wildman–Crippen LogP) is 3.64. The molecule has 2 amide bonds. The molecule has 0 aliphatic carbocycles. The highest BCUT2D eigenvalue weighted by Gasteiger charge is 2.25. The molecular weight excluding hydrogens is 450 g/mol. The molecule has 0 aliphatic rings. The Labute approximate surface area is 184 Å². The summed E-state index contributed by atoms with van der Waals surface area (Å²) in [7, 11) is -3.82. The topological polar surface area (TPSA) is 127 Å². The molecule has 1 heterocycles. The van der Waals surface area contributed by atoms with Gasteiger partial charge in [-0.2, -0.15) is 8.78 Å². The van der Waals surface area contributed by atoms with Gasteiger partial charge in [0.2, 0.25) is 0 Å². The van der Waals surface area contributed by atoms with E-state index in [4.69, 9.17) is 5.14 Å². The molecular formula is C19H28F2N4O4S2. The second-order valence-electron chi connectivity index (χ2n) is 7.72. The molecule has 174 valence electrons. The third-order valence-electron chi connectivity index (χ3n) is 4.30. The Kier molecular flexibility index (Phi) is 7.74. The Morgan fingerprint density at radius 1 is 1.39 bits per heavy atom. The number of nitrogens with two attached hydrogens (primary N) is 1. The van der Waals surface area contributed by atoms with Gasteiger partial charge in [-0.15, -0.1) is 11.3 Å². The van der Waals surface area contributed by atoms with E-state index in [1.807, 2.05) is 13.8 Å². The number of benzene rings is 1. The fraction of sp³-hybridized carbons (Fsp3) is 0.474. The minimum Gasteiger partial charge on any atom is -0.435 e. The van der Waals surface area contributed by atoms with Crippen LogP contribution in [0, 0.1) is 0 Å². The average Bonchev–Trinajstić information content (AvgIpc) is 3.13. The van der Waals surface area contributed by atoms with Crippen LogP contribution in [0.2, 0.25) is 0 Å². The number of nitrogens with zero attached hydrogens (tertiary/aromatic N) is 1. The van der Waals surface area contributed by atoms with Gasteiger partial charge < -0.3 is 15.2 Å². The number of carbonyl (C=O) groups excluding carboxylic acids is 1. The zero-order chi connectivity index (χ0) is 23.6. The molecule has 5 N–H and O–H groups in total. The van der Waals surface area contributed by atoms with Crippen LogP contribution < -0.4 is 19.9 Å². The maximum Gasteiger partial charge on any atom is 0.387 e. The van der Waals surface area contributed by atoms with Gasteiger partial charge in [0.1, 0.15) is 20.6 Å². The van der Waals surface area contributed by atoms with E-state index in [0.717, 1.165) is 11.3 Å². The van der Waals surface area contributed by atoms with E-state index in [2.05, 4.69) is 19.8 Å². The first-order valence-corrected chi connectivity index (χ1v) is 12.1. The normalized spacial score (nSPS) is 12.9. The van der Waals surface area contributed by atoms with Gasteiger partial charge >= 0.3 is 12.6 Å². The summed E-state index contributed by atoms with van der Waals surface area (Å²) in [6, 6.07) is 2.05.